The number of hydrogen-bond acceptors (Lipinski definition) is 8. The van der Waals surface area contributed by atoms with Crippen molar-refractivity contribution in [2.45, 2.75) is 56.1 Å². The molecule has 0 saturated carbocycles. The molecule has 4 aromatic carbocycles. The van der Waals surface area contributed by atoms with E-state index in [0.29, 0.717) is 6.61 Å². The average Bonchev–Trinajstić information content (AvgIpc) is 3.10. The first-order chi connectivity index (χ1) is 21.6. The van der Waals surface area contributed by atoms with Gasteiger partial charge in [-0.25, -0.2) is 0 Å². The number of rotatable bonds is 11. The van der Waals surface area contributed by atoms with Gasteiger partial charge < -0.3 is 38.3 Å². The average molecular weight is 599 g/mol. The molecule has 0 spiro atoms. The number of methoxy groups -OCH3 is 2. The van der Waals surface area contributed by atoms with Gasteiger partial charge in [0.2, 0.25) is 0 Å². The number of aliphatic hydroxyl groups excluding tert-OH is 1. The van der Waals surface area contributed by atoms with Crippen LogP contribution < -0.4 is 9.47 Å². The topological polar surface area (TPSA) is 84.8 Å². The van der Waals surface area contributed by atoms with Crippen molar-refractivity contribution >= 4 is 0 Å². The Hall–Kier alpha value is -3.76. The van der Waals surface area contributed by atoms with Crippen molar-refractivity contribution in [2.24, 2.45) is 0 Å². The van der Waals surface area contributed by atoms with Gasteiger partial charge in [0.15, 0.2) is 6.29 Å². The van der Waals surface area contributed by atoms with Crippen molar-refractivity contribution in [1.82, 2.24) is 0 Å². The molecule has 8 nitrogen and oxygen atoms in total. The molecule has 2 heterocycles. The molecule has 8 heteroatoms. The largest absolute Gasteiger partial charge is 0.497 e. The van der Waals surface area contributed by atoms with Gasteiger partial charge in [0.1, 0.15) is 48.1 Å². The van der Waals surface area contributed by atoms with Gasteiger partial charge >= 0.3 is 0 Å². The van der Waals surface area contributed by atoms with E-state index in [1.54, 1.807) is 14.2 Å². The van der Waals surface area contributed by atoms with Crippen LogP contribution in [0.15, 0.2) is 109 Å². The molecule has 44 heavy (non-hydrogen) atoms. The van der Waals surface area contributed by atoms with Crippen LogP contribution in [0.2, 0.25) is 0 Å². The minimum absolute atomic E-state index is 0.272. The molecule has 0 unspecified atom stereocenters. The molecule has 6 rings (SSSR count). The summed E-state index contributed by atoms with van der Waals surface area (Å²) in [6, 6.07) is 34.7. The van der Waals surface area contributed by atoms with E-state index in [4.69, 9.17) is 33.2 Å². The quantitative estimate of drug-likeness (QED) is 0.232. The molecule has 2 fully saturated rings. The minimum atomic E-state index is -0.975. The summed E-state index contributed by atoms with van der Waals surface area (Å²) in [5.74, 6) is 1.53. The first-order valence-corrected chi connectivity index (χ1v) is 14.8. The Bertz CT molecular complexity index is 1430. The second-order valence-corrected chi connectivity index (χ2v) is 10.9. The predicted molar refractivity (Wildman–Crippen MR) is 163 cm³/mol. The van der Waals surface area contributed by atoms with Gasteiger partial charge in [-0.1, -0.05) is 84.9 Å². The number of aliphatic hydroxyl groups is 1. The highest BCUT2D eigenvalue weighted by Crippen LogP contribution is 2.40. The molecule has 0 radical (unpaired) electrons. The lowest BCUT2D eigenvalue weighted by atomic mass is 9.88. The summed E-state index contributed by atoms with van der Waals surface area (Å²) in [4.78, 5) is 0. The van der Waals surface area contributed by atoms with Crippen LogP contribution in [0.5, 0.6) is 11.5 Å². The molecule has 0 bridgehead atoms. The van der Waals surface area contributed by atoms with Crippen molar-refractivity contribution < 1.29 is 38.3 Å². The van der Waals surface area contributed by atoms with E-state index in [9.17, 15) is 5.11 Å². The molecule has 2 saturated heterocycles. The van der Waals surface area contributed by atoms with Crippen LogP contribution in [0.3, 0.4) is 0 Å². The monoisotopic (exact) mass is 598 g/mol. The molecule has 0 amide bonds. The lowest BCUT2D eigenvalue weighted by Gasteiger charge is -2.50. The molecule has 4 aromatic rings. The number of fused-ring (bicyclic) bond motifs is 1. The third-order valence-corrected chi connectivity index (χ3v) is 8.09. The Morgan fingerprint density at radius 3 is 1.80 bits per heavy atom. The minimum Gasteiger partial charge on any atom is -0.497 e. The molecule has 7 atom stereocenters. The first-order valence-electron chi connectivity index (χ1n) is 14.8. The van der Waals surface area contributed by atoms with Crippen molar-refractivity contribution in [3.8, 4) is 11.5 Å². The second kappa shape index (κ2) is 14.3. The third-order valence-electron chi connectivity index (χ3n) is 8.09. The highest BCUT2D eigenvalue weighted by molar-refractivity contribution is 5.28. The van der Waals surface area contributed by atoms with E-state index in [1.807, 2.05) is 109 Å². The van der Waals surface area contributed by atoms with Gasteiger partial charge in [0.25, 0.3) is 0 Å². The van der Waals surface area contributed by atoms with E-state index < -0.39 is 42.9 Å². The Balaban J connectivity index is 1.32. The summed E-state index contributed by atoms with van der Waals surface area (Å²) in [6.07, 6.45) is -4.60. The summed E-state index contributed by atoms with van der Waals surface area (Å²) >= 11 is 0. The Kier molecular flexibility index (Phi) is 9.87. The molecule has 230 valence electrons. The zero-order valence-corrected chi connectivity index (χ0v) is 24.9. The van der Waals surface area contributed by atoms with E-state index in [-0.39, 0.29) is 13.2 Å². The lowest BCUT2D eigenvalue weighted by molar-refractivity contribution is -0.347. The third kappa shape index (κ3) is 6.97. The Labute approximate surface area is 258 Å². The molecule has 2 aliphatic heterocycles. The normalized spacial score (nSPS) is 25.5. The molecular formula is C36H38O8. The maximum absolute atomic E-state index is 11.7. The zero-order chi connectivity index (χ0) is 30.3. The summed E-state index contributed by atoms with van der Waals surface area (Å²) in [5.41, 5.74) is 3.55. The fourth-order valence-corrected chi connectivity index (χ4v) is 5.69. The first kappa shape index (κ1) is 30.3. The van der Waals surface area contributed by atoms with Crippen LogP contribution in [0.25, 0.3) is 0 Å². The van der Waals surface area contributed by atoms with E-state index in [0.717, 1.165) is 33.8 Å². The van der Waals surface area contributed by atoms with E-state index in [1.165, 1.54) is 0 Å². The SMILES string of the molecule is COc1ccc(CO[C@@H]2[C@@H](OCc3ccc(OC)cc3)[C@@H]3O[C@H](c4ccccc4)OC[C@H]3O[C@H]2[C@@H](O)c2ccccc2)cc1. The smallest absolute Gasteiger partial charge is 0.184 e. The standard InChI is InChI=1S/C36H38O8/c1-38-28-17-13-24(14-18-28)21-40-34-32-30(23-42-36(44-32)27-11-7-4-8-12-27)43-33(31(37)26-9-5-3-6-10-26)35(34)41-22-25-15-19-29(39-2)20-16-25/h3-20,30-37H,21-23H2,1-2H3/t30-,31+,32-,33+,34+,35+,36-/m1/s1. The predicted octanol–water partition coefficient (Wildman–Crippen LogP) is 5.79. The fraction of sp³-hybridized carbons (Fsp3) is 0.333. The number of benzene rings is 4. The Morgan fingerprint density at radius 1 is 0.682 bits per heavy atom. The van der Waals surface area contributed by atoms with Crippen molar-refractivity contribution in [3.05, 3.63) is 131 Å². The number of hydrogen-bond donors (Lipinski definition) is 1. The zero-order valence-electron chi connectivity index (χ0n) is 24.9. The van der Waals surface area contributed by atoms with Gasteiger partial charge in [0.05, 0.1) is 34.0 Å². The van der Waals surface area contributed by atoms with Crippen molar-refractivity contribution in [1.29, 1.82) is 0 Å². The fourth-order valence-electron chi connectivity index (χ4n) is 5.69. The van der Waals surface area contributed by atoms with Gasteiger partial charge in [-0.05, 0) is 41.0 Å². The highest BCUT2D eigenvalue weighted by atomic mass is 16.7. The highest BCUT2D eigenvalue weighted by Gasteiger charge is 2.53. The lowest BCUT2D eigenvalue weighted by Crippen LogP contribution is -2.64. The molecule has 1 N–H and O–H groups in total. The van der Waals surface area contributed by atoms with Gasteiger partial charge in [0, 0.05) is 5.56 Å². The van der Waals surface area contributed by atoms with Crippen molar-refractivity contribution in [2.75, 3.05) is 20.8 Å². The molecule has 2 aliphatic rings. The Morgan fingerprint density at radius 2 is 1.23 bits per heavy atom. The maximum atomic E-state index is 11.7. The molecule has 0 aromatic heterocycles. The van der Waals surface area contributed by atoms with Gasteiger partial charge in [-0.3, -0.25) is 0 Å². The van der Waals surface area contributed by atoms with Crippen LogP contribution in [-0.2, 0) is 36.9 Å². The maximum Gasteiger partial charge on any atom is 0.184 e. The van der Waals surface area contributed by atoms with Gasteiger partial charge in [-0.15, -0.1) is 0 Å². The summed E-state index contributed by atoms with van der Waals surface area (Å²) in [7, 11) is 3.28. The number of ether oxygens (including phenoxy) is 7. The van der Waals surface area contributed by atoms with Crippen molar-refractivity contribution in [3.63, 3.8) is 0 Å². The summed E-state index contributed by atoms with van der Waals surface area (Å²) < 4.78 is 43.3. The van der Waals surface area contributed by atoms with Crippen LogP contribution >= 0.6 is 0 Å². The van der Waals surface area contributed by atoms with E-state index >= 15 is 0 Å². The van der Waals surface area contributed by atoms with E-state index in [2.05, 4.69) is 0 Å². The van der Waals surface area contributed by atoms with Crippen LogP contribution in [0.4, 0.5) is 0 Å². The molecular weight excluding hydrogens is 560 g/mol. The van der Waals surface area contributed by atoms with Crippen LogP contribution in [-0.4, -0.2) is 56.5 Å². The molecule has 0 aliphatic carbocycles. The van der Waals surface area contributed by atoms with Gasteiger partial charge in [-0.2, -0.15) is 0 Å². The van der Waals surface area contributed by atoms with Crippen LogP contribution in [0, 0.1) is 0 Å². The summed E-state index contributed by atoms with van der Waals surface area (Å²) in [6.45, 7) is 0.846. The van der Waals surface area contributed by atoms with Crippen LogP contribution in [0.1, 0.15) is 34.6 Å². The summed E-state index contributed by atoms with van der Waals surface area (Å²) in [5, 5.41) is 11.7. The second-order valence-electron chi connectivity index (χ2n) is 10.9.